The maximum absolute atomic E-state index is 12.1. The van der Waals surface area contributed by atoms with Gasteiger partial charge in [0.1, 0.15) is 0 Å². The molecular formula is C16H11Cl3N2O3. The lowest BCUT2D eigenvalue weighted by atomic mass is 10.3. The molecule has 0 bridgehead atoms. The van der Waals surface area contributed by atoms with E-state index in [4.69, 9.17) is 39.2 Å². The summed E-state index contributed by atoms with van der Waals surface area (Å²) in [6.07, 6.45) is 0.0795. The van der Waals surface area contributed by atoms with E-state index >= 15 is 0 Å². The van der Waals surface area contributed by atoms with Crippen LogP contribution in [-0.2, 0) is 11.3 Å². The molecule has 0 aliphatic carbocycles. The summed E-state index contributed by atoms with van der Waals surface area (Å²) >= 11 is 17.7. The molecule has 3 aromatic rings. The van der Waals surface area contributed by atoms with Crippen molar-refractivity contribution in [1.82, 2.24) is 4.57 Å². The smallest absolute Gasteiger partial charge is 0.408 e. The Bertz CT molecular complexity index is 978. The summed E-state index contributed by atoms with van der Waals surface area (Å²) in [5, 5.41) is 3.97. The predicted octanol–water partition coefficient (Wildman–Crippen LogP) is 4.58. The van der Waals surface area contributed by atoms with Crippen LogP contribution in [0.1, 0.15) is 6.42 Å². The summed E-state index contributed by atoms with van der Waals surface area (Å²) in [5.74, 6) is -0.820. The molecule has 1 N–H and O–H groups in total. The first-order valence-corrected chi connectivity index (χ1v) is 8.11. The summed E-state index contributed by atoms with van der Waals surface area (Å²) in [7, 11) is 0. The number of anilines is 1. The fourth-order valence-corrected chi connectivity index (χ4v) is 2.89. The number of carbonyl (C=O) groups is 1. The Hall–Kier alpha value is -1.95. The van der Waals surface area contributed by atoms with E-state index in [1.54, 1.807) is 30.3 Å². The number of benzene rings is 2. The monoisotopic (exact) mass is 384 g/mol. The van der Waals surface area contributed by atoms with E-state index in [9.17, 15) is 9.59 Å². The van der Waals surface area contributed by atoms with Crippen LogP contribution >= 0.6 is 34.8 Å². The molecule has 0 saturated heterocycles. The standard InChI is InChI=1S/C16H11Cl3N2O3/c17-9-1-3-12(11(19)7-9)20-15(22)5-6-21-13-4-2-10(18)8-14(13)24-16(21)23/h1-4,7-8H,5-6H2,(H,20,22). The average Bonchev–Trinajstić information content (AvgIpc) is 2.82. The van der Waals surface area contributed by atoms with Gasteiger partial charge in [0.2, 0.25) is 5.91 Å². The van der Waals surface area contributed by atoms with Crippen molar-refractivity contribution in [1.29, 1.82) is 0 Å². The SMILES string of the molecule is O=C(CCn1c(=O)oc2cc(Cl)ccc21)Nc1ccc(Cl)cc1Cl. The number of aromatic nitrogens is 1. The van der Waals surface area contributed by atoms with Crippen LogP contribution in [0.4, 0.5) is 5.69 Å². The maximum Gasteiger partial charge on any atom is 0.419 e. The van der Waals surface area contributed by atoms with Crippen molar-refractivity contribution in [3.63, 3.8) is 0 Å². The number of carbonyl (C=O) groups excluding carboxylic acids is 1. The van der Waals surface area contributed by atoms with Gasteiger partial charge in [0.15, 0.2) is 5.58 Å². The Morgan fingerprint density at radius 1 is 1.08 bits per heavy atom. The minimum atomic E-state index is -0.537. The third-order valence-corrected chi connectivity index (χ3v) is 4.18. The number of amides is 1. The molecule has 8 heteroatoms. The Balaban J connectivity index is 1.73. The van der Waals surface area contributed by atoms with Crippen molar-refractivity contribution in [3.05, 3.63) is 62.0 Å². The number of fused-ring (bicyclic) bond motifs is 1. The van der Waals surface area contributed by atoms with Gasteiger partial charge in [-0.1, -0.05) is 34.8 Å². The van der Waals surface area contributed by atoms with Gasteiger partial charge in [-0.05, 0) is 30.3 Å². The van der Waals surface area contributed by atoms with Gasteiger partial charge in [0.05, 0.1) is 16.2 Å². The van der Waals surface area contributed by atoms with Crippen LogP contribution in [0.3, 0.4) is 0 Å². The number of nitrogens with zero attached hydrogens (tertiary/aromatic N) is 1. The highest BCUT2D eigenvalue weighted by Crippen LogP contribution is 2.25. The van der Waals surface area contributed by atoms with E-state index < -0.39 is 5.76 Å². The number of rotatable bonds is 4. The molecule has 0 unspecified atom stereocenters. The highest BCUT2D eigenvalue weighted by atomic mass is 35.5. The Labute approximate surface area is 151 Å². The minimum absolute atomic E-state index is 0.0795. The average molecular weight is 386 g/mol. The topological polar surface area (TPSA) is 64.2 Å². The molecule has 5 nitrogen and oxygen atoms in total. The summed E-state index contributed by atoms with van der Waals surface area (Å²) in [6, 6.07) is 9.67. The zero-order valence-electron chi connectivity index (χ0n) is 12.2. The van der Waals surface area contributed by atoms with E-state index in [0.717, 1.165) is 0 Å². The number of oxazole rings is 1. The molecule has 2 aromatic carbocycles. The van der Waals surface area contributed by atoms with Crippen molar-refractivity contribution >= 4 is 57.5 Å². The van der Waals surface area contributed by atoms with Crippen LogP contribution in [0.15, 0.2) is 45.6 Å². The lowest BCUT2D eigenvalue weighted by Crippen LogP contribution is -2.19. The molecule has 3 rings (SSSR count). The van der Waals surface area contributed by atoms with Crippen LogP contribution < -0.4 is 11.1 Å². The highest BCUT2D eigenvalue weighted by molar-refractivity contribution is 6.36. The first kappa shape index (κ1) is 16.9. The Morgan fingerprint density at radius 2 is 1.79 bits per heavy atom. The van der Waals surface area contributed by atoms with Crippen molar-refractivity contribution in [2.45, 2.75) is 13.0 Å². The molecule has 1 amide bonds. The maximum atomic E-state index is 12.1. The van der Waals surface area contributed by atoms with E-state index in [2.05, 4.69) is 5.32 Å². The van der Waals surface area contributed by atoms with Gasteiger partial charge in [-0.2, -0.15) is 0 Å². The van der Waals surface area contributed by atoms with Crippen LogP contribution in [0, 0.1) is 0 Å². The summed E-state index contributed by atoms with van der Waals surface area (Å²) in [4.78, 5) is 24.0. The number of halogens is 3. The second-order valence-electron chi connectivity index (χ2n) is 5.05. The molecule has 0 aliphatic heterocycles. The molecule has 0 spiro atoms. The van der Waals surface area contributed by atoms with Gasteiger partial charge >= 0.3 is 5.76 Å². The fourth-order valence-electron chi connectivity index (χ4n) is 2.27. The Morgan fingerprint density at radius 3 is 2.54 bits per heavy atom. The molecule has 0 fully saturated rings. The lowest BCUT2D eigenvalue weighted by Gasteiger charge is -2.07. The summed E-state index contributed by atoms with van der Waals surface area (Å²) in [6.45, 7) is 0.171. The van der Waals surface area contributed by atoms with E-state index in [-0.39, 0.29) is 18.9 Å². The van der Waals surface area contributed by atoms with E-state index in [1.165, 1.54) is 10.6 Å². The largest absolute Gasteiger partial charge is 0.419 e. The number of aryl methyl sites for hydroxylation is 1. The van der Waals surface area contributed by atoms with Gasteiger partial charge in [-0.3, -0.25) is 9.36 Å². The quantitative estimate of drug-likeness (QED) is 0.715. The number of hydrogen-bond donors (Lipinski definition) is 1. The third kappa shape index (κ3) is 3.59. The van der Waals surface area contributed by atoms with Crippen molar-refractivity contribution < 1.29 is 9.21 Å². The molecule has 124 valence electrons. The van der Waals surface area contributed by atoms with Gasteiger partial charge in [-0.15, -0.1) is 0 Å². The van der Waals surface area contributed by atoms with Crippen LogP contribution in [-0.4, -0.2) is 10.5 Å². The second kappa shape index (κ2) is 6.89. The van der Waals surface area contributed by atoms with Crippen LogP contribution in [0.25, 0.3) is 11.1 Å². The van der Waals surface area contributed by atoms with Gasteiger partial charge in [-0.25, -0.2) is 4.79 Å². The van der Waals surface area contributed by atoms with Crippen LogP contribution in [0.5, 0.6) is 0 Å². The van der Waals surface area contributed by atoms with Crippen LogP contribution in [0.2, 0.25) is 15.1 Å². The van der Waals surface area contributed by atoms with Gasteiger partial charge in [0, 0.05) is 29.1 Å². The highest BCUT2D eigenvalue weighted by Gasteiger charge is 2.12. The van der Waals surface area contributed by atoms with Gasteiger partial charge in [0.25, 0.3) is 0 Å². The number of nitrogens with one attached hydrogen (secondary N) is 1. The minimum Gasteiger partial charge on any atom is -0.408 e. The van der Waals surface area contributed by atoms with Crippen molar-refractivity contribution in [3.8, 4) is 0 Å². The molecule has 24 heavy (non-hydrogen) atoms. The molecular weight excluding hydrogens is 375 g/mol. The molecule has 0 aliphatic rings. The van der Waals surface area contributed by atoms with Crippen molar-refractivity contribution in [2.75, 3.05) is 5.32 Å². The molecule has 0 radical (unpaired) electrons. The number of hydrogen-bond acceptors (Lipinski definition) is 3. The lowest BCUT2D eigenvalue weighted by molar-refractivity contribution is -0.116. The van der Waals surface area contributed by atoms with E-state index in [0.29, 0.717) is 31.9 Å². The van der Waals surface area contributed by atoms with E-state index in [1.807, 2.05) is 0 Å². The second-order valence-corrected chi connectivity index (χ2v) is 6.33. The summed E-state index contributed by atoms with van der Waals surface area (Å²) in [5.41, 5.74) is 1.43. The van der Waals surface area contributed by atoms with Crippen molar-refractivity contribution in [2.24, 2.45) is 0 Å². The Kier molecular flexibility index (Phi) is 4.85. The molecule has 0 atom stereocenters. The molecule has 1 aromatic heterocycles. The normalized spacial score (nSPS) is 11.0. The summed E-state index contributed by atoms with van der Waals surface area (Å²) < 4.78 is 6.50. The third-order valence-electron chi connectivity index (χ3n) is 3.40. The zero-order valence-corrected chi connectivity index (χ0v) is 14.5. The molecule has 1 heterocycles. The zero-order chi connectivity index (χ0) is 17.3. The van der Waals surface area contributed by atoms with Gasteiger partial charge < -0.3 is 9.73 Å². The first-order chi connectivity index (χ1) is 11.4. The predicted molar refractivity (Wildman–Crippen MR) is 95.2 cm³/mol. The first-order valence-electron chi connectivity index (χ1n) is 6.98. The fraction of sp³-hybridized carbons (Fsp3) is 0.125. The molecule has 0 saturated carbocycles.